The van der Waals surface area contributed by atoms with Crippen molar-refractivity contribution in [2.75, 3.05) is 12.3 Å². The van der Waals surface area contributed by atoms with E-state index in [0.29, 0.717) is 0 Å². The predicted octanol–water partition coefficient (Wildman–Crippen LogP) is 1.51. The summed E-state index contributed by atoms with van der Waals surface area (Å²) in [4.78, 5) is 38.7. The van der Waals surface area contributed by atoms with Crippen molar-refractivity contribution in [1.29, 1.82) is 0 Å². The minimum atomic E-state index is -4.64. The number of ether oxygens (including phenoxy) is 1. The van der Waals surface area contributed by atoms with Crippen LogP contribution in [0.3, 0.4) is 0 Å². The first-order valence-corrected chi connectivity index (χ1v) is 7.80. The van der Waals surface area contributed by atoms with Gasteiger partial charge in [0.25, 0.3) is 11.5 Å². The average molecular weight is 407 g/mol. The molecule has 2 aromatic rings. The molecule has 146 valence electrons. The van der Waals surface area contributed by atoms with Gasteiger partial charge in [0.05, 0.1) is 16.6 Å². The van der Waals surface area contributed by atoms with Crippen LogP contribution in [0, 0.1) is 0 Å². The Kier molecular flexibility index (Phi) is 5.84. The monoisotopic (exact) mass is 406 g/mol. The Morgan fingerprint density at radius 2 is 2.00 bits per heavy atom. The van der Waals surface area contributed by atoms with Gasteiger partial charge < -0.3 is 20.8 Å². The van der Waals surface area contributed by atoms with Gasteiger partial charge in [0, 0.05) is 0 Å². The number of alkyl halides is 3. The average Bonchev–Trinajstić information content (AvgIpc) is 2.56. The maximum atomic E-state index is 12.8. The van der Waals surface area contributed by atoms with Gasteiger partial charge >= 0.3 is 11.9 Å². The molecule has 8 nitrogen and oxygen atoms in total. The van der Waals surface area contributed by atoms with Crippen molar-refractivity contribution in [2.45, 2.75) is 19.1 Å². The summed E-state index contributed by atoms with van der Waals surface area (Å²) in [6.45, 7) is 1.25. The van der Waals surface area contributed by atoms with Crippen LogP contribution in [0.1, 0.15) is 23.0 Å². The molecule has 0 fully saturated rings. The topological polar surface area (TPSA) is 130 Å². The van der Waals surface area contributed by atoms with Crippen LogP contribution in [0.4, 0.5) is 18.9 Å². The van der Waals surface area contributed by atoms with E-state index in [0.717, 1.165) is 12.1 Å². The lowest BCUT2D eigenvalue weighted by molar-refractivity contribution is -0.137. The van der Waals surface area contributed by atoms with Gasteiger partial charge in [-0.1, -0.05) is 17.7 Å². The number of halogens is 4. The molecule has 1 atom stereocenters. The lowest BCUT2D eigenvalue weighted by Crippen LogP contribution is -2.40. The molecule has 0 saturated heterocycles. The van der Waals surface area contributed by atoms with Gasteiger partial charge in [-0.2, -0.15) is 13.2 Å². The molecule has 27 heavy (non-hydrogen) atoms. The molecule has 1 unspecified atom stereocenters. The molecule has 2 rings (SSSR count). The highest BCUT2D eigenvalue weighted by atomic mass is 35.5. The third kappa shape index (κ3) is 4.82. The van der Waals surface area contributed by atoms with Crippen molar-refractivity contribution in [2.24, 2.45) is 0 Å². The van der Waals surface area contributed by atoms with Gasteiger partial charge in [-0.05, 0) is 19.1 Å². The molecule has 0 spiro atoms. The molecule has 5 N–H and O–H groups in total. The Balaban J connectivity index is 2.07. The summed E-state index contributed by atoms with van der Waals surface area (Å²) < 4.78 is 43.7. The highest BCUT2D eigenvalue weighted by Gasteiger charge is 2.34. The summed E-state index contributed by atoms with van der Waals surface area (Å²) in [5.74, 6) is -1.07. The molecule has 1 heterocycles. The fourth-order valence-electron chi connectivity index (χ4n) is 2.07. The van der Waals surface area contributed by atoms with E-state index in [1.165, 1.54) is 13.0 Å². The third-order valence-corrected chi connectivity index (χ3v) is 3.73. The van der Waals surface area contributed by atoms with E-state index in [1.54, 1.807) is 0 Å². The molecule has 0 aliphatic heterocycles. The molecule has 12 heteroatoms. The summed E-state index contributed by atoms with van der Waals surface area (Å²) in [6, 6.07) is 2.48. The fraction of sp³-hybridized carbons (Fsp3) is 0.267. The number of aromatic nitrogens is 2. The van der Waals surface area contributed by atoms with Gasteiger partial charge in [-0.25, -0.2) is 4.79 Å². The number of nitrogen functional groups attached to an aromatic ring is 1. The van der Waals surface area contributed by atoms with E-state index in [4.69, 9.17) is 22.1 Å². The zero-order chi connectivity index (χ0) is 20.4. The molecular weight excluding hydrogens is 393 g/mol. The number of hydrogen-bond acceptors (Lipinski definition) is 5. The number of nitrogens with one attached hydrogen (secondary N) is 3. The van der Waals surface area contributed by atoms with E-state index in [-0.39, 0.29) is 12.4 Å². The van der Waals surface area contributed by atoms with Crippen molar-refractivity contribution < 1.29 is 22.7 Å². The Hall–Kier alpha value is -2.95. The maximum absolute atomic E-state index is 12.8. The van der Waals surface area contributed by atoms with Gasteiger partial charge in [0.1, 0.15) is 23.7 Å². The Morgan fingerprint density at radius 3 is 2.63 bits per heavy atom. The normalized spacial score (nSPS) is 12.5. The Bertz CT molecular complexity index is 971. The van der Waals surface area contributed by atoms with Crippen molar-refractivity contribution in [3.05, 3.63) is 55.3 Å². The first-order valence-electron chi connectivity index (χ1n) is 7.42. The van der Waals surface area contributed by atoms with Gasteiger partial charge in [-0.15, -0.1) is 0 Å². The minimum Gasteiger partial charge on any atom is -0.490 e. The number of rotatable bonds is 5. The van der Waals surface area contributed by atoms with Crippen molar-refractivity contribution in [3.63, 3.8) is 0 Å². The summed E-state index contributed by atoms with van der Waals surface area (Å²) in [5, 5.41) is 1.79. The molecular formula is C15H14ClF3N4O4. The number of aromatic amines is 2. The van der Waals surface area contributed by atoms with E-state index in [9.17, 15) is 27.6 Å². The van der Waals surface area contributed by atoms with Gasteiger partial charge in [0.2, 0.25) is 0 Å². The summed E-state index contributed by atoms with van der Waals surface area (Å²) >= 11 is 5.71. The summed E-state index contributed by atoms with van der Waals surface area (Å²) in [5.41, 5.74) is 1.62. The maximum Gasteiger partial charge on any atom is 0.417 e. The SMILES string of the molecule is CC(COc1cccc(C(F)(F)F)c1Cl)NC(=O)c1[nH]c(=O)[nH]c(=O)c1N. The molecule has 0 saturated carbocycles. The standard InChI is InChI=1S/C15H14ClF3N4O4/c1-6(21-13(25)11-10(20)12(24)23-14(26)22-11)5-27-8-4-2-3-7(9(8)16)15(17,18)19/h2-4,6H,5,20H2,1H3,(H,21,25)(H2,22,23,24,26). The highest BCUT2D eigenvalue weighted by Crippen LogP contribution is 2.39. The first-order chi connectivity index (χ1) is 12.5. The van der Waals surface area contributed by atoms with Crippen LogP contribution < -0.4 is 27.0 Å². The smallest absolute Gasteiger partial charge is 0.417 e. The molecule has 0 bridgehead atoms. The van der Waals surface area contributed by atoms with Crippen molar-refractivity contribution in [1.82, 2.24) is 15.3 Å². The van der Waals surface area contributed by atoms with Crippen LogP contribution >= 0.6 is 11.6 Å². The van der Waals surface area contributed by atoms with Crippen LogP contribution in [0.5, 0.6) is 5.75 Å². The van der Waals surface area contributed by atoms with Gasteiger partial charge in [-0.3, -0.25) is 14.6 Å². The van der Waals surface area contributed by atoms with Crippen LogP contribution in [-0.4, -0.2) is 28.5 Å². The van der Waals surface area contributed by atoms with Crippen LogP contribution in [0.25, 0.3) is 0 Å². The number of benzene rings is 1. The zero-order valence-corrected chi connectivity index (χ0v) is 14.5. The van der Waals surface area contributed by atoms with Gasteiger partial charge in [0.15, 0.2) is 0 Å². The minimum absolute atomic E-state index is 0.211. The Morgan fingerprint density at radius 1 is 1.33 bits per heavy atom. The van der Waals surface area contributed by atoms with Crippen LogP contribution in [0.2, 0.25) is 5.02 Å². The van der Waals surface area contributed by atoms with E-state index in [1.807, 2.05) is 4.98 Å². The number of carbonyl (C=O) groups excluding carboxylic acids is 1. The lowest BCUT2D eigenvalue weighted by atomic mass is 10.2. The van der Waals surface area contributed by atoms with E-state index in [2.05, 4.69) is 10.3 Å². The second kappa shape index (κ2) is 7.74. The molecule has 0 aliphatic rings. The van der Waals surface area contributed by atoms with Crippen LogP contribution in [-0.2, 0) is 6.18 Å². The molecule has 1 aromatic heterocycles. The first kappa shape index (κ1) is 20.4. The quantitative estimate of drug-likeness (QED) is 0.598. The zero-order valence-electron chi connectivity index (χ0n) is 13.7. The Labute approximate surface area is 154 Å². The number of amides is 1. The highest BCUT2D eigenvalue weighted by molar-refractivity contribution is 6.32. The van der Waals surface area contributed by atoms with Crippen LogP contribution in [0.15, 0.2) is 27.8 Å². The number of carbonyl (C=O) groups is 1. The predicted molar refractivity (Wildman–Crippen MR) is 91.0 cm³/mol. The summed E-state index contributed by atoms with van der Waals surface area (Å²) in [7, 11) is 0. The van der Waals surface area contributed by atoms with E-state index < -0.39 is 51.3 Å². The summed E-state index contributed by atoms with van der Waals surface area (Å²) in [6.07, 6.45) is -4.64. The molecule has 0 radical (unpaired) electrons. The largest absolute Gasteiger partial charge is 0.490 e. The molecule has 1 aromatic carbocycles. The number of H-pyrrole nitrogens is 2. The number of nitrogens with two attached hydrogens (primary N) is 1. The number of hydrogen-bond donors (Lipinski definition) is 4. The number of anilines is 1. The lowest BCUT2D eigenvalue weighted by Gasteiger charge is -2.17. The third-order valence-electron chi connectivity index (χ3n) is 3.34. The second-order valence-electron chi connectivity index (χ2n) is 5.50. The fourth-order valence-corrected chi connectivity index (χ4v) is 2.36. The van der Waals surface area contributed by atoms with Crippen molar-refractivity contribution >= 4 is 23.2 Å². The van der Waals surface area contributed by atoms with E-state index >= 15 is 0 Å². The van der Waals surface area contributed by atoms with Crippen molar-refractivity contribution in [3.8, 4) is 5.75 Å². The second-order valence-corrected chi connectivity index (χ2v) is 5.88. The molecule has 1 amide bonds. The molecule has 0 aliphatic carbocycles.